The number of rotatable bonds is 9. The Bertz CT molecular complexity index is 299. The summed E-state index contributed by atoms with van der Waals surface area (Å²) in [6, 6.07) is 0. The second kappa shape index (κ2) is 9.83. The first-order valence-electron chi connectivity index (χ1n) is 6.29. The minimum absolute atomic E-state index is 0.0156. The first kappa shape index (κ1) is 18.0. The van der Waals surface area contributed by atoms with Gasteiger partial charge in [0.05, 0.1) is 4.83 Å². The summed E-state index contributed by atoms with van der Waals surface area (Å²) in [5.74, 6) is 0. The minimum atomic E-state index is -0.311. The van der Waals surface area contributed by atoms with Gasteiger partial charge in [-0.05, 0) is 12.5 Å². The average molecular weight is 355 g/mol. The topological polar surface area (TPSA) is 55.4 Å². The standard InChI is InChI=1S/C13H23BrO6/c1-9-5-10(14)12(19-7-16-3)13(20-8-17-4)11(9)18-6-15-2/h5,10-13H,6-8H2,1-4H3/t10-,11+,12+,13+/m1/s1. The van der Waals surface area contributed by atoms with E-state index in [2.05, 4.69) is 15.9 Å². The highest BCUT2D eigenvalue weighted by atomic mass is 79.9. The molecule has 7 heteroatoms. The van der Waals surface area contributed by atoms with E-state index in [1.165, 1.54) is 0 Å². The van der Waals surface area contributed by atoms with Crippen molar-refractivity contribution in [2.45, 2.75) is 30.1 Å². The van der Waals surface area contributed by atoms with Gasteiger partial charge in [0.15, 0.2) is 0 Å². The van der Waals surface area contributed by atoms with E-state index in [1.54, 1.807) is 21.3 Å². The third kappa shape index (κ3) is 5.07. The molecule has 6 nitrogen and oxygen atoms in total. The Morgan fingerprint density at radius 1 is 0.900 bits per heavy atom. The Morgan fingerprint density at radius 2 is 1.40 bits per heavy atom. The molecule has 118 valence electrons. The second-order valence-corrected chi connectivity index (χ2v) is 5.48. The first-order chi connectivity index (χ1) is 9.65. The number of hydrogen-bond donors (Lipinski definition) is 0. The Labute approximate surface area is 128 Å². The van der Waals surface area contributed by atoms with E-state index < -0.39 is 0 Å². The first-order valence-corrected chi connectivity index (χ1v) is 7.21. The van der Waals surface area contributed by atoms with Crippen LogP contribution in [0.5, 0.6) is 0 Å². The van der Waals surface area contributed by atoms with Gasteiger partial charge in [-0.25, -0.2) is 0 Å². The number of halogens is 1. The zero-order valence-electron chi connectivity index (χ0n) is 12.3. The molecule has 0 aliphatic heterocycles. The molecular formula is C13H23BrO6. The largest absolute Gasteiger partial charge is 0.359 e. The predicted octanol–water partition coefficient (Wildman–Crippen LogP) is 1.68. The molecule has 0 N–H and O–H groups in total. The minimum Gasteiger partial charge on any atom is -0.359 e. The van der Waals surface area contributed by atoms with Crippen LogP contribution < -0.4 is 0 Å². The van der Waals surface area contributed by atoms with Crippen LogP contribution in [0.4, 0.5) is 0 Å². The molecule has 0 radical (unpaired) electrons. The zero-order chi connectivity index (χ0) is 15.0. The molecule has 1 aliphatic carbocycles. The van der Waals surface area contributed by atoms with Gasteiger partial charge in [0.2, 0.25) is 0 Å². The van der Waals surface area contributed by atoms with Gasteiger partial charge in [-0.2, -0.15) is 0 Å². The fraction of sp³-hybridized carbons (Fsp3) is 0.846. The summed E-state index contributed by atoms with van der Waals surface area (Å²) in [6.45, 7) is 2.53. The Balaban J connectivity index is 2.83. The van der Waals surface area contributed by atoms with Crippen LogP contribution in [-0.4, -0.2) is 64.8 Å². The van der Waals surface area contributed by atoms with Crippen LogP contribution in [0, 0.1) is 0 Å². The molecular weight excluding hydrogens is 332 g/mol. The molecule has 0 aromatic heterocycles. The quantitative estimate of drug-likeness (QED) is 0.356. The molecule has 0 aromatic rings. The van der Waals surface area contributed by atoms with Gasteiger partial charge in [0, 0.05) is 21.3 Å². The maximum absolute atomic E-state index is 5.74. The lowest BCUT2D eigenvalue weighted by Crippen LogP contribution is -2.50. The number of hydrogen-bond acceptors (Lipinski definition) is 6. The number of alkyl halides is 1. The Kier molecular flexibility index (Phi) is 8.86. The third-order valence-corrected chi connectivity index (χ3v) is 3.71. The van der Waals surface area contributed by atoms with Crippen LogP contribution in [0.15, 0.2) is 11.6 Å². The van der Waals surface area contributed by atoms with Crippen LogP contribution in [0.25, 0.3) is 0 Å². The summed E-state index contributed by atoms with van der Waals surface area (Å²) in [4.78, 5) is 0.0156. The Morgan fingerprint density at radius 3 is 1.95 bits per heavy atom. The fourth-order valence-corrected chi connectivity index (χ4v) is 2.95. The van der Waals surface area contributed by atoms with Crippen molar-refractivity contribution in [3.8, 4) is 0 Å². The summed E-state index contributed by atoms with van der Waals surface area (Å²) < 4.78 is 32.1. The SMILES string of the molecule is COCO[C@@H]1[C@@H](OCOC)[C@@H](OCOC)C(C)=C[C@H]1Br. The molecule has 0 heterocycles. The lowest BCUT2D eigenvalue weighted by molar-refractivity contribution is -0.200. The second-order valence-electron chi connectivity index (χ2n) is 4.42. The van der Waals surface area contributed by atoms with Gasteiger partial charge in [-0.1, -0.05) is 22.0 Å². The van der Waals surface area contributed by atoms with Gasteiger partial charge in [-0.15, -0.1) is 0 Å². The van der Waals surface area contributed by atoms with Crippen molar-refractivity contribution < 1.29 is 28.4 Å². The van der Waals surface area contributed by atoms with Gasteiger partial charge in [-0.3, -0.25) is 0 Å². The summed E-state index contributed by atoms with van der Waals surface area (Å²) in [5.41, 5.74) is 1.06. The molecule has 20 heavy (non-hydrogen) atoms. The van der Waals surface area contributed by atoms with E-state index in [1.807, 2.05) is 13.0 Å². The summed E-state index contributed by atoms with van der Waals surface area (Å²) in [5, 5.41) is 0. The molecule has 0 bridgehead atoms. The van der Waals surface area contributed by atoms with E-state index in [0.717, 1.165) is 5.57 Å². The number of ether oxygens (including phenoxy) is 6. The van der Waals surface area contributed by atoms with Crippen LogP contribution >= 0.6 is 15.9 Å². The number of methoxy groups -OCH3 is 3. The van der Waals surface area contributed by atoms with E-state index >= 15 is 0 Å². The molecule has 1 rings (SSSR count). The molecule has 0 unspecified atom stereocenters. The molecule has 0 aromatic carbocycles. The lowest BCUT2D eigenvalue weighted by Gasteiger charge is -2.38. The molecule has 4 atom stereocenters. The molecule has 0 spiro atoms. The highest BCUT2D eigenvalue weighted by Gasteiger charge is 2.40. The van der Waals surface area contributed by atoms with Gasteiger partial charge in [0.1, 0.15) is 38.7 Å². The highest BCUT2D eigenvalue weighted by Crippen LogP contribution is 2.31. The average Bonchev–Trinajstić information content (AvgIpc) is 2.43. The molecule has 0 amide bonds. The smallest absolute Gasteiger partial charge is 0.147 e. The van der Waals surface area contributed by atoms with Gasteiger partial charge < -0.3 is 28.4 Å². The van der Waals surface area contributed by atoms with E-state index in [9.17, 15) is 0 Å². The monoisotopic (exact) mass is 354 g/mol. The summed E-state index contributed by atoms with van der Waals surface area (Å²) in [6.07, 6.45) is 1.25. The van der Waals surface area contributed by atoms with E-state index in [-0.39, 0.29) is 43.5 Å². The van der Waals surface area contributed by atoms with Crippen LogP contribution in [-0.2, 0) is 28.4 Å². The van der Waals surface area contributed by atoms with Crippen molar-refractivity contribution >= 4 is 15.9 Å². The van der Waals surface area contributed by atoms with E-state index in [0.29, 0.717) is 0 Å². The van der Waals surface area contributed by atoms with Gasteiger partial charge >= 0.3 is 0 Å². The summed E-state index contributed by atoms with van der Waals surface area (Å²) >= 11 is 3.59. The van der Waals surface area contributed by atoms with Crippen LogP contribution in [0.2, 0.25) is 0 Å². The van der Waals surface area contributed by atoms with Crippen molar-refractivity contribution in [2.75, 3.05) is 41.7 Å². The predicted molar refractivity (Wildman–Crippen MR) is 76.7 cm³/mol. The molecule has 1 aliphatic rings. The normalized spacial score (nSPS) is 30.4. The highest BCUT2D eigenvalue weighted by molar-refractivity contribution is 9.09. The van der Waals surface area contributed by atoms with Gasteiger partial charge in [0.25, 0.3) is 0 Å². The third-order valence-electron chi connectivity index (χ3n) is 2.93. The van der Waals surface area contributed by atoms with E-state index in [4.69, 9.17) is 28.4 Å². The molecule has 0 saturated heterocycles. The molecule has 0 saturated carbocycles. The van der Waals surface area contributed by atoms with Crippen LogP contribution in [0.1, 0.15) is 6.92 Å². The Hall–Kier alpha value is -0.0200. The molecule has 0 fully saturated rings. The van der Waals surface area contributed by atoms with Crippen molar-refractivity contribution in [3.63, 3.8) is 0 Å². The van der Waals surface area contributed by atoms with Crippen molar-refractivity contribution in [1.82, 2.24) is 0 Å². The maximum atomic E-state index is 5.74. The lowest BCUT2D eigenvalue weighted by atomic mass is 9.92. The maximum Gasteiger partial charge on any atom is 0.147 e. The van der Waals surface area contributed by atoms with Crippen molar-refractivity contribution in [1.29, 1.82) is 0 Å². The van der Waals surface area contributed by atoms with Crippen LogP contribution in [0.3, 0.4) is 0 Å². The fourth-order valence-electron chi connectivity index (χ4n) is 2.08. The van der Waals surface area contributed by atoms with Crippen molar-refractivity contribution in [2.24, 2.45) is 0 Å². The van der Waals surface area contributed by atoms with Crippen molar-refractivity contribution in [3.05, 3.63) is 11.6 Å². The summed E-state index contributed by atoms with van der Waals surface area (Å²) in [7, 11) is 4.74. The zero-order valence-corrected chi connectivity index (χ0v) is 13.9.